The number of nitrogens with zero attached hydrogens (tertiary/aromatic N) is 1. The zero-order valence-electron chi connectivity index (χ0n) is 9.52. The molecule has 0 aromatic heterocycles. The van der Waals surface area contributed by atoms with Gasteiger partial charge in [0.15, 0.2) is 5.78 Å². The Morgan fingerprint density at radius 1 is 1.44 bits per heavy atom. The van der Waals surface area contributed by atoms with Gasteiger partial charge in [-0.2, -0.15) is 0 Å². The van der Waals surface area contributed by atoms with Gasteiger partial charge >= 0.3 is 0 Å². The van der Waals surface area contributed by atoms with Gasteiger partial charge in [-0.15, -0.1) is 0 Å². The molecule has 0 amide bonds. The normalized spacial score (nSPS) is 14.9. The second-order valence-corrected chi connectivity index (χ2v) is 4.22. The first-order chi connectivity index (χ1) is 7.74. The van der Waals surface area contributed by atoms with Crippen LogP contribution in [0.1, 0.15) is 30.1 Å². The van der Waals surface area contributed by atoms with Crippen molar-refractivity contribution in [3.8, 4) is 0 Å². The average Bonchev–Trinajstić information content (AvgIpc) is 3.10. The van der Waals surface area contributed by atoms with Crippen LogP contribution in [0.2, 0.25) is 0 Å². The van der Waals surface area contributed by atoms with Gasteiger partial charge in [-0.25, -0.2) is 0 Å². The van der Waals surface area contributed by atoms with E-state index in [0.29, 0.717) is 12.6 Å². The molecular formula is C13H17NO2. The minimum absolute atomic E-state index is 0.0826. The van der Waals surface area contributed by atoms with Crippen LogP contribution in [0.25, 0.3) is 0 Å². The molecule has 1 aromatic rings. The van der Waals surface area contributed by atoms with Crippen molar-refractivity contribution in [3.63, 3.8) is 0 Å². The average molecular weight is 219 g/mol. The minimum atomic E-state index is 0.0826. The van der Waals surface area contributed by atoms with Crippen LogP contribution in [0.3, 0.4) is 0 Å². The van der Waals surface area contributed by atoms with E-state index in [2.05, 4.69) is 4.90 Å². The van der Waals surface area contributed by atoms with Gasteiger partial charge < -0.3 is 10.0 Å². The van der Waals surface area contributed by atoms with Gasteiger partial charge in [0.25, 0.3) is 0 Å². The largest absolute Gasteiger partial charge is 0.395 e. The van der Waals surface area contributed by atoms with Gasteiger partial charge in [0.05, 0.1) is 6.61 Å². The molecule has 0 aliphatic heterocycles. The molecule has 3 nitrogen and oxygen atoms in total. The fourth-order valence-corrected chi connectivity index (χ4v) is 2.02. The Morgan fingerprint density at radius 2 is 2.12 bits per heavy atom. The summed E-state index contributed by atoms with van der Waals surface area (Å²) in [7, 11) is 0. The number of benzene rings is 1. The number of hydrogen-bond acceptors (Lipinski definition) is 3. The molecule has 16 heavy (non-hydrogen) atoms. The molecule has 1 aromatic carbocycles. The first-order valence-electron chi connectivity index (χ1n) is 5.71. The molecule has 0 atom stereocenters. The van der Waals surface area contributed by atoms with Crippen molar-refractivity contribution in [1.29, 1.82) is 0 Å². The van der Waals surface area contributed by atoms with Crippen LogP contribution in [0.5, 0.6) is 0 Å². The van der Waals surface area contributed by atoms with E-state index in [9.17, 15) is 4.79 Å². The molecule has 0 radical (unpaired) electrons. The van der Waals surface area contributed by atoms with Crippen LogP contribution in [-0.2, 0) is 0 Å². The molecule has 1 aliphatic carbocycles. The standard InChI is InChI=1S/C13H17NO2/c1-10(16)12-4-2-3-5-13(12)14(8-9-15)11-6-7-11/h2-5,11,15H,6-9H2,1H3. The molecule has 0 unspecified atom stereocenters. The van der Waals surface area contributed by atoms with E-state index >= 15 is 0 Å². The zero-order valence-corrected chi connectivity index (χ0v) is 9.52. The van der Waals surface area contributed by atoms with Crippen LogP contribution in [-0.4, -0.2) is 30.1 Å². The van der Waals surface area contributed by atoms with Crippen LogP contribution < -0.4 is 4.90 Å². The van der Waals surface area contributed by atoms with Crippen LogP contribution in [0.4, 0.5) is 5.69 Å². The van der Waals surface area contributed by atoms with Crippen LogP contribution in [0, 0.1) is 0 Å². The summed E-state index contributed by atoms with van der Waals surface area (Å²) in [6.45, 7) is 2.32. The quantitative estimate of drug-likeness (QED) is 0.768. The summed E-state index contributed by atoms with van der Waals surface area (Å²) in [6.07, 6.45) is 2.32. The number of aliphatic hydroxyl groups is 1. The highest BCUT2D eigenvalue weighted by molar-refractivity contribution is 5.99. The summed E-state index contributed by atoms with van der Waals surface area (Å²) in [5, 5.41) is 9.08. The number of Topliss-reactive ketones (excluding diaryl/α,β-unsaturated/α-hetero) is 1. The SMILES string of the molecule is CC(=O)c1ccccc1N(CCO)C1CC1. The van der Waals surface area contributed by atoms with Gasteiger partial charge in [-0.1, -0.05) is 12.1 Å². The number of rotatable bonds is 5. The summed E-state index contributed by atoms with van der Waals surface area (Å²) in [5.41, 5.74) is 1.72. The fraction of sp³-hybridized carbons (Fsp3) is 0.462. The maximum Gasteiger partial charge on any atom is 0.161 e. The highest BCUT2D eigenvalue weighted by Crippen LogP contribution is 2.33. The second kappa shape index (κ2) is 4.66. The molecular weight excluding hydrogens is 202 g/mol. The van der Waals surface area contributed by atoms with Crippen molar-refractivity contribution in [2.45, 2.75) is 25.8 Å². The molecule has 1 fully saturated rings. The molecule has 0 saturated heterocycles. The van der Waals surface area contributed by atoms with Crippen molar-refractivity contribution in [2.24, 2.45) is 0 Å². The number of carbonyl (C=O) groups excluding carboxylic acids is 1. The Kier molecular flexibility index (Phi) is 3.25. The lowest BCUT2D eigenvalue weighted by molar-refractivity contribution is 0.101. The lowest BCUT2D eigenvalue weighted by Gasteiger charge is -2.25. The predicted molar refractivity (Wildman–Crippen MR) is 63.9 cm³/mol. The van der Waals surface area contributed by atoms with E-state index in [-0.39, 0.29) is 12.4 Å². The van der Waals surface area contributed by atoms with Gasteiger partial charge in [0.1, 0.15) is 0 Å². The number of ketones is 1. The molecule has 0 bridgehead atoms. The van der Waals surface area contributed by atoms with E-state index in [1.807, 2.05) is 24.3 Å². The maximum absolute atomic E-state index is 11.5. The van der Waals surface area contributed by atoms with Gasteiger partial charge in [0.2, 0.25) is 0 Å². The number of aliphatic hydroxyl groups excluding tert-OH is 1. The summed E-state index contributed by atoms with van der Waals surface area (Å²) < 4.78 is 0. The lowest BCUT2D eigenvalue weighted by atomic mass is 10.1. The smallest absolute Gasteiger partial charge is 0.161 e. The Balaban J connectivity index is 2.32. The predicted octanol–water partition coefficient (Wildman–Crippen LogP) is 1.85. The van der Waals surface area contributed by atoms with E-state index in [0.717, 1.165) is 24.1 Å². The van der Waals surface area contributed by atoms with Crippen molar-refractivity contribution in [1.82, 2.24) is 0 Å². The number of hydrogen-bond donors (Lipinski definition) is 1. The van der Waals surface area contributed by atoms with Gasteiger partial charge in [-0.05, 0) is 31.9 Å². The Hall–Kier alpha value is -1.35. The molecule has 86 valence electrons. The van der Waals surface area contributed by atoms with Crippen LogP contribution >= 0.6 is 0 Å². The van der Waals surface area contributed by atoms with E-state index in [1.54, 1.807) is 6.92 Å². The van der Waals surface area contributed by atoms with E-state index in [1.165, 1.54) is 0 Å². The first kappa shape index (κ1) is 11.1. The maximum atomic E-state index is 11.5. The third kappa shape index (κ3) is 2.25. The van der Waals surface area contributed by atoms with E-state index < -0.39 is 0 Å². The summed E-state index contributed by atoms with van der Waals surface area (Å²) in [4.78, 5) is 13.7. The topological polar surface area (TPSA) is 40.5 Å². The third-order valence-electron chi connectivity index (χ3n) is 2.92. The van der Waals surface area contributed by atoms with E-state index in [4.69, 9.17) is 5.11 Å². The van der Waals surface area contributed by atoms with Crippen LogP contribution in [0.15, 0.2) is 24.3 Å². The first-order valence-corrected chi connectivity index (χ1v) is 5.71. The van der Waals surface area contributed by atoms with Crippen molar-refractivity contribution < 1.29 is 9.90 Å². The highest BCUT2D eigenvalue weighted by atomic mass is 16.3. The summed E-state index contributed by atoms with van der Waals surface area (Å²) in [5.74, 6) is 0.0826. The zero-order chi connectivity index (χ0) is 11.5. The van der Waals surface area contributed by atoms with Gasteiger partial charge in [-0.3, -0.25) is 4.79 Å². The summed E-state index contributed by atoms with van der Waals surface area (Å²) >= 11 is 0. The fourth-order valence-electron chi connectivity index (χ4n) is 2.02. The number of para-hydroxylation sites is 1. The molecule has 0 spiro atoms. The Bertz CT molecular complexity index is 385. The Labute approximate surface area is 95.7 Å². The molecule has 0 heterocycles. The molecule has 1 aliphatic rings. The molecule has 2 rings (SSSR count). The van der Waals surface area contributed by atoms with Gasteiger partial charge in [0, 0.05) is 23.8 Å². The van der Waals surface area contributed by atoms with Crippen molar-refractivity contribution in [2.75, 3.05) is 18.1 Å². The lowest BCUT2D eigenvalue weighted by Crippen LogP contribution is -2.30. The summed E-state index contributed by atoms with van der Waals surface area (Å²) in [6, 6.07) is 8.14. The molecule has 1 N–H and O–H groups in total. The minimum Gasteiger partial charge on any atom is -0.395 e. The Morgan fingerprint density at radius 3 is 2.69 bits per heavy atom. The highest BCUT2D eigenvalue weighted by Gasteiger charge is 2.30. The third-order valence-corrected chi connectivity index (χ3v) is 2.92. The second-order valence-electron chi connectivity index (χ2n) is 4.22. The number of anilines is 1. The van der Waals surface area contributed by atoms with Crippen molar-refractivity contribution >= 4 is 11.5 Å². The monoisotopic (exact) mass is 219 g/mol. The number of carbonyl (C=O) groups is 1. The van der Waals surface area contributed by atoms with Crippen molar-refractivity contribution in [3.05, 3.63) is 29.8 Å². The molecule has 1 saturated carbocycles. The molecule has 3 heteroatoms.